The predicted octanol–water partition coefficient (Wildman–Crippen LogP) is 2.67. The first-order valence-electron chi connectivity index (χ1n) is 9.85. The molecular weight excluding hydrogens is 386 g/mol. The Kier molecular flexibility index (Phi) is 7.33. The van der Waals surface area contributed by atoms with E-state index in [1.807, 2.05) is 13.1 Å². The van der Waals surface area contributed by atoms with Crippen molar-refractivity contribution >= 4 is 17.3 Å². The number of nitrogens with zero attached hydrogens (tertiary/aromatic N) is 4. The summed E-state index contributed by atoms with van der Waals surface area (Å²) >= 11 is 1.75. The molecule has 8 heteroatoms. The van der Waals surface area contributed by atoms with Crippen molar-refractivity contribution in [2.45, 2.75) is 26.9 Å². The minimum absolute atomic E-state index is 0.720. The second-order valence-electron chi connectivity index (χ2n) is 7.10. The number of hydrogen-bond donors (Lipinski definition) is 1. The van der Waals surface area contributed by atoms with Gasteiger partial charge in [0.2, 0.25) is 0 Å². The number of nitrogens with one attached hydrogen (secondary N) is 1. The van der Waals surface area contributed by atoms with E-state index in [1.54, 1.807) is 25.6 Å². The highest BCUT2D eigenvalue weighted by atomic mass is 32.1. The highest BCUT2D eigenvalue weighted by Crippen LogP contribution is 2.28. The van der Waals surface area contributed by atoms with Crippen molar-refractivity contribution in [3.8, 4) is 11.5 Å². The highest BCUT2D eigenvalue weighted by Gasteiger charge is 2.20. The molecule has 0 spiro atoms. The van der Waals surface area contributed by atoms with E-state index in [-0.39, 0.29) is 0 Å². The van der Waals surface area contributed by atoms with E-state index >= 15 is 0 Å². The second kappa shape index (κ2) is 9.93. The van der Waals surface area contributed by atoms with Crippen LogP contribution in [0.15, 0.2) is 23.2 Å². The van der Waals surface area contributed by atoms with Crippen LogP contribution in [0.1, 0.15) is 21.1 Å². The molecule has 1 aliphatic heterocycles. The molecule has 0 atom stereocenters. The van der Waals surface area contributed by atoms with Crippen LogP contribution < -0.4 is 14.8 Å². The Hall–Kier alpha value is -2.32. The number of thiazole rings is 1. The van der Waals surface area contributed by atoms with Gasteiger partial charge in [0.25, 0.3) is 0 Å². The molecule has 1 aromatic carbocycles. The molecule has 0 aliphatic carbocycles. The number of hydrogen-bond acceptors (Lipinski definition) is 6. The van der Waals surface area contributed by atoms with Crippen LogP contribution in [0, 0.1) is 13.8 Å². The molecule has 7 nitrogen and oxygen atoms in total. The fourth-order valence-corrected chi connectivity index (χ4v) is 4.33. The van der Waals surface area contributed by atoms with Crippen molar-refractivity contribution in [3.05, 3.63) is 39.3 Å². The molecule has 2 heterocycles. The Bertz CT molecular complexity index is 824. The molecule has 2 aromatic rings. The zero-order valence-corrected chi connectivity index (χ0v) is 18.8. The number of piperazine rings is 1. The number of methoxy groups -OCH3 is 2. The average Bonchev–Trinajstić information content (AvgIpc) is 3.06. The van der Waals surface area contributed by atoms with Gasteiger partial charge in [-0.2, -0.15) is 0 Å². The molecule has 1 aliphatic rings. The molecule has 3 rings (SSSR count). The lowest BCUT2D eigenvalue weighted by atomic mass is 10.1. The molecule has 1 saturated heterocycles. The van der Waals surface area contributed by atoms with E-state index in [9.17, 15) is 0 Å². The summed E-state index contributed by atoms with van der Waals surface area (Å²) < 4.78 is 10.7. The Balaban J connectivity index is 1.51. The number of aryl methyl sites for hydroxylation is 2. The predicted molar refractivity (Wildman–Crippen MR) is 118 cm³/mol. The topological polar surface area (TPSA) is 62.2 Å². The average molecular weight is 418 g/mol. The van der Waals surface area contributed by atoms with Crippen LogP contribution in [0.5, 0.6) is 11.5 Å². The third-order valence-corrected chi connectivity index (χ3v) is 6.28. The number of benzene rings is 1. The van der Waals surface area contributed by atoms with Gasteiger partial charge in [-0.3, -0.25) is 9.89 Å². The van der Waals surface area contributed by atoms with Crippen LogP contribution in [0.4, 0.5) is 0 Å². The first-order chi connectivity index (χ1) is 14.0. The third kappa shape index (κ3) is 5.39. The molecule has 29 heavy (non-hydrogen) atoms. The second-order valence-corrected chi connectivity index (χ2v) is 8.39. The van der Waals surface area contributed by atoms with E-state index < -0.39 is 0 Å². The van der Waals surface area contributed by atoms with E-state index in [0.29, 0.717) is 0 Å². The Labute approximate surface area is 177 Å². The largest absolute Gasteiger partial charge is 0.493 e. The molecule has 0 unspecified atom stereocenters. The SMILES string of the molecule is CN=C(NCc1nc(C)c(C)s1)N1CCN(Cc2ccc(OC)c(OC)c2)CC1. The van der Waals surface area contributed by atoms with Crippen LogP contribution in [0.3, 0.4) is 0 Å². The maximum atomic E-state index is 5.42. The minimum atomic E-state index is 0.720. The fraction of sp³-hybridized carbons (Fsp3) is 0.524. The number of aliphatic imine (C=N–C) groups is 1. The lowest BCUT2D eigenvalue weighted by Gasteiger charge is -2.36. The smallest absolute Gasteiger partial charge is 0.194 e. The standard InChI is InChI=1S/C21H31N5O2S/c1-15-16(2)29-20(24-15)13-23-21(22-3)26-10-8-25(9-11-26)14-17-6-7-18(27-4)19(12-17)28-5/h6-7,12H,8-11,13-14H2,1-5H3,(H,22,23). The molecule has 1 N–H and O–H groups in total. The molecule has 0 radical (unpaired) electrons. The zero-order valence-electron chi connectivity index (χ0n) is 18.0. The van der Waals surface area contributed by atoms with Gasteiger partial charge < -0.3 is 19.7 Å². The van der Waals surface area contributed by atoms with Gasteiger partial charge in [0.1, 0.15) is 5.01 Å². The maximum Gasteiger partial charge on any atom is 0.194 e. The fourth-order valence-electron chi connectivity index (χ4n) is 3.46. The minimum Gasteiger partial charge on any atom is -0.493 e. The van der Waals surface area contributed by atoms with Gasteiger partial charge in [-0.25, -0.2) is 4.98 Å². The Morgan fingerprint density at radius 1 is 1.14 bits per heavy atom. The number of ether oxygens (including phenoxy) is 2. The van der Waals surface area contributed by atoms with Gasteiger partial charge in [-0.05, 0) is 31.5 Å². The first-order valence-corrected chi connectivity index (χ1v) is 10.7. The summed E-state index contributed by atoms with van der Waals surface area (Å²) in [5.41, 5.74) is 2.35. The summed E-state index contributed by atoms with van der Waals surface area (Å²) in [5, 5.41) is 4.57. The van der Waals surface area contributed by atoms with Crippen molar-refractivity contribution < 1.29 is 9.47 Å². The summed E-state index contributed by atoms with van der Waals surface area (Å²) in [6.07, 6.45) is 0. The van der Waals surface area contributed by atoms with Crippen LogP contribution >= 0.6 is 11.3 Å². The normalized spacial score (nSPS) is 15.5. The van der Waals surface area contributed by atoms with Crippen LogP contribution in [0.2, 0.25) is 0 Å². The van der Waals surface area contributed by atoms with E-state index in [0.717, 1.165) is 67.4 Å². The summed E-state index contributed by atoms with van der Waals surface area (Å²) in [4.78, 5) is 15.1. The van der Waals surface area contributed by atoms with Gasteiger partial charge >= 0.3 is 0 Å². The van der Waals surface area contributed by atoms with E-state index in [1.165, 1.54) is 10.4 Å². The van der Waals surface area contributed by atoms with Crippen molar-refractivity contribution in [2.75, 3.05) is 47.4 Å². The third-order valence-electron chi connectivity index (χ3n) is 5.21. The van der Waals surface area contributed by atoms with Crippen molar-refractivity contribution in [2.24, 2.45) is 4.99 Å². The monoisotopic (exact) mass is 417 g/mol. The molecule has 158 valence electrons. The van der Waals surface area contributed by atoms with Crippen LogP contribution in [0.25, 0.3) is 0 Å². The number of guanidine groups is 1. The Morgan fingerprint density at radius 2 is 1.86 bits per heavy atom. The van der Waals surface area contributed by atoms with Gasteiger partial charge in [0.15, 0.2) is 17.5 Å². The molecule has 0 bridgehead atoms. The summed E-state index contributed by atoms with van der Waals surface area (Å²) in [7, 11) is 5.18. The molecule has 1 fully saturated rings. The lowest BCUT2D eigenvalue weighted by Crippen LogP contribution is -2.52. The summed E-state index contributed by atoms with van der Waals surface area (Å²) in [5.74, 6) is 2.49. The van der Waals surface area contributed by atoms with Crippen molar-refractivity contribution in [1.29, 1.82) is 0 Å². The van der Waals surface area contributed by atoms with Gasteiger partial charge in [0.05, 0.1) is 26.5 Å². The van der Waals surface area contributed by atoms with E-state index in [2.05, 4.69) is 51.1 Å². The van der Waals surface area contributed by atoms with Crippen LogP contribution in [-0.4, -0.2) is 68.2 Å². The molecule has 0 saturated carbocycles. The maximum absolute atomic E-state index is 5.42. The molecular formula is C21H31N5O2S. The highest BCUT2D eigenvalue weighted by molar-refractivity contribution is 7.11. The summed E-state index contributed by atoms with van der Waals surface area (Å²) in [6.45, 7) is 9.67. The van der Waals surface area contributed by atoms with Gasteiger partial charge in [-0.1, -0.05) is 6.07 Å². The van der Waals surface area contributed by atoms with Crippen molar-refractivity contribution in [1.82, 2.24) is 20.1 Å². The van der Waals surface area contributed by atoms with Crippen LogP contribution in [-0.2, 0) is 13.1 Å². The molecule has 0 amide bonds. The first kappa shape index (κ1) is 21.4. The summed E-state index contributed by atoms with van der Waals surface area (Å²) in [6, 6.07) is 6.13. The zero-order chi connectivity index (χ0) is 20.8. The number of rotatable bonds is 6. The van der Waals surface area contributed by atoms with Gasteiger partial charge in [0, 0.05) is 44.6 Å². The quantitative estimate of drug-likeness (QED) is 0.576. The van der Waals surface area contributed by atoms with E-state index in [4.69, 9.17) is 9.47 Å². The molecule has 1 aromatic heterocycles. The number of aromatic nitrogens is 1. The lowest BCUT2D eigenvalue weighted by molar-refractivity contribution is 0.172. The van der Waals surface area contributed by atoms with Crippen molar-refractivity contribution in [3.63, 3.8) is 0 Å². The Morgan fingerprint density at radius 3 is 2.45 bits per heavy atom. The van der Waals surface area contributed by atoms with Gasteiger partial charge in [-0.15, -0.1) is 11.3 Å².